The average molecular weight is 235 g/mol. The van der Waals surface area contributed by atoms with E-state index in [1.165, 1.54) is 12.8 Å². The molecule has 1 fully saturated rings. The number of pyridine rings is 1. The maximum atomic E-state index is 5.73. The second kappa shape index (κ2) is 6.69. The Bertz CT molecular complexity index is 312. The minimum absolute atomic E-state index is 0.244. The van der Waals surface area contributed by atoms with E-state index in [0.717, 1.165) is 31.6 Å². The average Bonchev–Trinajstić information content (AvgIpc) is 2.40. The fraction of sp³-hybridized carbons (Fsp3) is 0.615. The summed E-state index contributed by atoms with van der Waals surface area (Å²) in [5, 5.41) is 0. The van der Waals surface area contributed by atoms with Crippen molar-refractivity contribution in [3.8, 4) is 0 Å². The molecule has 0 saturated carbocycles. The van der Waals surface area contributed by atoms with Crippen LogP contribution < -0.4 is 11.3 Å². The van der Waals surface area contributed by atoms with Crippen LogP contribution in [0.3, 0.4) is 0 Å². The molecule has 0 amide bonds. The SMILES string of the molecule is NNC(Cc1ccccn1)CC1CCCCO1. The number of aromatic nitrogens is 1. The van der Waals surface area contributed by atoms with Crippen LogP contribution in [0.25, 0.3) is 0 Å². The second-order valence-electron chi connectivity index (χ2n) is 4.61. The van der Waals surface area contributed by atoms with Gasteiger partial charge in [0.2, 0.25) is 0 Å². The van der Waals surface area contributed by atoms with Gasteiger partial charge in [-0.15, -0.1) is 0 Å². The molecule has 1 aromatic heterocycles. The van der Waals surface area contributed by atoms with E-state index in [-0.39, 0.29) is 6.04 Å². The van der Waals surface area contributed by atoms with E-state index in [9.17, 15) is 0 Å². The molecule has 0 aromatic carbocycles. The van der Waals surface area contributed by atoms with Gasteiger partial charge in [0.1, 0.15) is 0 Å². The summed E-state index contributed by atoms with van der Waals surface area (Å²) in [5.41, 5.74) is 3.95. The van der Waals surface area contributed by atoms with E-state index in [1.54, 1.807) is 0 Å². The van der Waals surface area contributed by atoms with Crippen molar-refractivity contribution >= 4 is 0 Å². The quantitative estimate of drug-likeness (QED) is 0.598. The molecule has 1 saturated heterocycles. The summed E-state index contributed by atoms with van der Waals surface area (Å²) in [6.07, 6.45) is 7.61. The van der Waals surface area contributed by atoms with Gasteiger partial charge in [0, 0.05) is 31.0 Å². The molecule has 2 rings (SSSR count). The zero-order valence-electron chi connectivity index (χ0n) is 10.1. The molecule has 1 aliphatic heterocycles. The van der Waals surface area contributed by atoms with Crippen molar-refractivity contribution in [3.63, 3.8) is 0 Å². The third-order valence-corrected chi connectivity index (χ3v) is 3.24. The van der Waals surface area contributed by atoms with E-state index < -0.39 is 0 Å². The number of hydrazine groups is 1. The Morgan fingerprint density at radius 3 is 3.06 bits per heavy atom. The molecular formula is C13H21N3O. The molecule has 3 N–H and O–H groups in total. The highest BCUT2D eigenvalue weighted by Gasteiger charge is 2.19. The Morgan fingerprint density at radius 2 is 2.41 bits per heavy atom. The van der Waals surface area contributed by atoms with Gasteiger partial charge >= 0.3 is 0 Å². The van der Waals surface area contributed by atoms with Crippen molar-refractivity contribution in [2.24, 2.45) is 5.84 Å². The van der Waals surface area contributed by atoms with Gasteiger partial charge in [-0.25, -0.2) is 0 Å². The standard InChI is InChI=1S/C13H21N3O/c14-16-12(9-11-5-1-3-7-15-11)10-13-6-2-4-8-17-13/h1,3,5,7,12-13,16H,2,4,6,8-10,14H2. The van der Waals surface area contributed by atoms with E-state index in [1.807, 2.05) is 24.4 Å². The molecule has 94 valence electrons. The number of hydrogen-bond acceptors (Lipinski definition) is 4. The number of rotatable bonds is 5. The van der Waals surface area contributed by atoms with Gasteiger partial charge in [0.15, 0.2) is 0 Å². The van der Waals surface area contributed by atoms with Crippen LogP contribution >= 0.6 is 0 Å². The molecule has 17 heavy (non-hydrogen) atoms. The topological polar surface area (TPSA) is 60.2 Å². The van der Waals surface area contributed by atoms with Crippen molar-refractivity contribution in [2.45, 2.75) is 44.2 Å². The lowest BCUT2D eigenvalue weighted by Gasteiger charge is -2.26. The van der Waals surface area contributed by atoms with Crippen LogP contribution in [0, 0.1) is 0 Å². The minimum Gasteiger partial charge on any atom is -0.378 e. The fourth-order valence-electron chi connectivity index (χ4n) is 2.29. The molecule has 1 aromatic rings. The third-order valence-electron chi connectivity index (χ3n) is 3.24. The smallest absolute Gasteiger partial charge is 0.0590 e. The first-order chi connectivity index (χ1) is 8.38. The summed E-state index contributed by atoms with van der Waals surface area (Å²) in [5.74, 6) is 5.60. The van der Waals surface area contributed by atoms with Gasteiger partial charge in [-0.2, -0.15) is 0 Å². The number of hydrogen-bond donors (Lipinski definition) is 2. The number of nitrogens with zero attached hydrogens (tertiary/aromatic N) is 1. The highest BCUT2D eigenvalue weighted by molar-refractivity contribution is 5.05. The Kier molecular flexibility index (Phi) is 4.91. The first-order valence-electron chi connectivity index (χ1n) is 6.36. The number of nitrogens with one attached hydrogen (secondary N) is 1. The first kappa shape index (κ1) is 12.5. The van der Waals surface area contributed by atoms with Crippen molar-refractivity contribution in [2.75, 3.05) is 6.61 Å². The summed E-state index contributed by atoms with van der Waals surface area (Å²) in [7, 11) is 0. The molecular weight excluding hydrogens is 214 g/mol. The molecule has 4 heteroatoms. The minimum atomic E-state index is 0.244. The Balaban J connectivity index is 1.83. The molecule has 2 unspecified atom stereocenters. The van der Waals surface area contributed by atoms with E-state index >= 15 is 0 Å². The lowest BCUT2D eigenvalue weighted by molar-refractivity contribution is 0.00519. The van der Waals surface area contributed by atoms with Crippen LogP contribution in [-0.2, 0) is 11.2 Å². The first-order valence-corrected chi connectivity index (χ1v) is 6.36. The number of ether oxygens (including phenoxy) is 1. The maximum Gasteiger partial charge on any atom is 0.0590 e. The van der Waals surface area contributed by atoms with E-state index in [0.29, 0.717) is 6.10 Å². The molecule has 0 bridgehead atoms. The van der Waals surface area contributed by atoms with Crippen molar-refractivity contribution < 1.29 is 4.74 Å². The van der Waals surface area contributed by atoms with Crippen LogP contribution in [0.15, 0.2) is 24.4 Å². The van der Waals surface area contributed by atoms with Crippen LogP contribution in [0.2, 0.25) is 0 Å². The Labute approximate surface area is 103 Å². The predicted molar refractivity (Wildman–Crippen MR) is 67.3 cm³/mol. The molecule has 1 aliphatic rings. The van der Waals surface area contributed by atoms with Gasteiger partial charge in [-0.05, 0) is 37.8 Å². The molecule has 2 atom stereocenters. The van der Waals surface area contributed by atoms with Crippen LogP contribution in [0.5, 0.6) is 0 Å². The lowest BCUT2D eigenvalue weighted by Crippen LogP contribution is -2.40. The van der Waals surface area contributed by atoms with E-state index in [2.05, 4.69) is 10.4 Å². The normalized spacial score (nSPS) is 22.3. The maximum absolute atomic E-state index is 5.73. The van der Waals surface area contributed by atoms with Crippen LogP contribution in [0.4, 0.5) is 0 Å². The van der Waals surface area contributed by atoms with E-state index in [4.69, 9.17) is 10.6 Å². The zero-order valence-corrected chi connectivity index (χ0v) is 10.1. The molecule has 0 spiro atoms. The highest BCUT2D eigenvalue weighted by atomic mass is 16.5. The lowest BCUT2D eigenvalue weighted by atomic mass is 9.99. The van der Waals surface area contributed by atoms with Crippen molar-refractivity contribution in [1.29, 1.82) is 0 Å². The molecule has 0 radical (unpaired) electrons. The van der Waals surface area contributed by atoms with Gasteiger partial charge < -0.3 is 4.74 Å². The van der Waals surface area contributed by atoms with Crippen molar-refractivity contribution in [3.05, 3.63) is 30.1 Å². The van der Waals surface area contributed by atoms with Gasteiger partial charge in [0.25, 0.3) is 0 Å². The summed E-state index contributed by atoms with van der Waals surface area (Å²) in [6.45, 7) is 0.894. The fourth-order valence-corrected chi connectivity index (χ4v) is 2.29. The van der Waals surface area contributed by atoms with Gasteiger partial charge in [0.05, 0.1) is 6.10 Å². The third kappa shape index (κ3) is 4.07. The largest absolute Gasteiger partial charge is 0.378 e. The zero-order chi connectivity index (χ0) is 11.9. The van der Waals surface area contributed by atoms with Crippen molar-refractivity contribution in [1.82, 2.24) is 10.4 Å². The summed E-state index contributed by atoms with van der Waals surface area (Å²) in [4.78, 5) is 4.32. The molecule has 0 aliphatic carbocycles. The van der Waals surface area contributed by atoms with Crippen LogP contribution in [-0.4, -0.2) is 23.7 Å². The summed E-state index contributed by atoms with van der Waals surface area (Å²) < 4.78 is 5.73. The molecule has 2 heterocycles. The second-order valence-corrected chi connectivity index (χ2v) is 4.61. The number of nitrogens with two attached hydrogens (primary N) is 1. The molecule has 4 nitrogen and oxygen atoms in total. The monoisotopic (exact) mass is 235 g/mol. The highest BCUT2D eigenvalue weighted by Crippen LogP contribution is 2.18. The Hall–Kier alpha value is -0.970. The van der Waals surface area contributed by atoms with Crippen LogP contribution in [0.1, 0.15) is 31.4 Å². The van der Waals surface area contributed by atoms with Gasteiger partial charge in [-0.1, -0.05) is 6.07 Å². The summed E-state index contributed by atoms with van der Waals surface area (Å²) >= 11 is 0. The Morgan fingerprint density at radius 1 is 1.47 bits per heavy atom. The summed E-state index contributed by atoms with van der Waals surface area (Å²) in [6, 6.07) is 6.21. The van der Waals surface area contributed by atoms with Gasteiger partial charge in [-0.3, -0.25) is 16.3 Å². The predicted octanol–water partition coefficient (Wildman–Crippen LogP) is 1.42.